The minimum absolute atomic E-state index is 0. The lowest BCUT2D eigenvalue weighted by Gasteiger charge is -2.31. The number of rotatable bonds is 6. The minimum atomic E-state index is 0. The fourth-order valence-corrected chi connectivity index (χ4v) is 3.07. The summed E-state index contributed by atoms with van der Waals surface area (Å²) in [5.41, 5.74) is 1.20. The fraction of sp³-hybridized carbons (Fsp3) is 0.667. The molecule has 0 radical (unpaired) electrons. The molecule has 2 aliphatic rings. The highest BCUT2D eigenvalue weighted by Crippen LogP contribution is 2.31. The van der Waals surface area contributed by atoms with E-state index in [9.17, 15) is 0 Å². The van der Waals surface area contributed by atoms with E-state index in [0.717, 1.165) is 24.2 Å². The molecule has 1 aliphatic heterocycles. The lowest BCUT2D eigenvalue weighted by Crippen LogP contribution is -2.36. The van der Waals surface area contributed by atoms with Gasteiger partial charge in [0.25, 0.3) is 0 Å². The maximum atomic E-state index is 6.02. The van der Waals surface area contributed by atoms with Crippen LogP contribution in [0.2, 0.25) is 0 Å². The lowest BCUT2D eigenvalue weighted by molar-refractivity contribution is 0.138. The molecule has 1 aromatic rings. The van der Waals surface area contributed by atoms with Gasteiger partial charge in [0.15, 0.2) is 0 Å². The first-order chi connectivity index (χ1) is 10.2. The predicted molar refractivity (Wildman–Crippen MR) is 91.8 cm³/mol. The van der Waals surface area contributed by atoms with E-state index in [1.54, 1.807) is 0 Å². The summed E-state index contributed by atoms with van der Waals surface area (Å²) in [6.07, 6.45) is 5.51. The van der Waals surface area contributed by atoms with Gasteiger partial charge in [-0.2, -0.15) is 0 Å². The van der Waals surface area contributed by atoms with Gasteiger partial charge in [-0.15, -0.1) is 0 Å². The Morgan fingerprint density at radius 3 is 2.45 bits per heavy atom. The third kappa shape index (κ3) is 4.89. The first-order valence-corrected chi connectivity index (χ1v) is 8.33. The monoisotopic (exact) mass is 306 g/mol. The molecular weight excluding hydrogens is 276 g/mol. The molecule has 1 saturated carbocycles. The number of hydrogen-bond acceptors (Lipinski definition) is 3. The Hall–Kier alpha value is -1.26. The van der Waals surface area contributed by atoms with E-state index in [4.69, 9.17) is 4.74 Å². The lowest BCUT2D eigenvalue weighted by atomic mass is 9.97. The first-order valence-electron chi connectivity index (χ1n) is 8.33. The Kier molecular flexibility index (Phi) is 6.09. The van der Waals surface area contributed by atoms with Crippen LogP contribution in [0.15, 0.2) is 24.3 Å². The van der Waals surface area contributed by atoms with Crippen molar-refractivity contribution in [1.29, 1.82) is 0 Å². The highest BCUT2D eigenvalue weighted by atomic mass is 16.5. The molecule has 4 nitrogen and oxygen atoms in total. The van der Waals surface area contributed by atoms with Crippen molar-refractivity contribution in [3.05, 3.63) is 24.3 Å². The molecule has 4 heteroatoms. The summed E-state index contributed by atoms with van der Waals surface area (Å²) >= 11 is 0. The molecule has 0 unspecified atom stereocenters. The van der Waals surface area contributed by atoms with E-state index in [2.05, 4.69) is 48.2 Å². The van der Waals surface area contributed by atoms with Crippen molar-refractivity contribution in [2.24, 2.45) is 11.8 Å². The molecule has 22 heavy (non-hydrogen) atoms. The van der Waals surface area contributed by atoms with Crippen LogP contribution >= 0.6 is 0 Å². The normalized spacial score (nSPS) is 19.5. The molecule has 2 fully saturated rings. The zero-order valence-corrected chi connectivity index (χ0v) is 13.9. The topological polar surface area (TPSA) is 47.2 Å². The zero-order chi connectivity index (χ0) is 14.7. The molecule has 1 heterocycles. The van der Waals surface area contributed by atoms with Crippen molar-refractivity contribution < 1.29 is 10.2 Å². The molecule has 2 N–H and O–H groups in total. The molecule has 1 saturated heterocycles. The Labute approximate surface area is 134 Å². The van der Waals surface area contributed by atoms with Crippen molar-refractivity contribution in [3.63, 3.8) is 0 Å². The van der Waals surface area contributed by atoms with Crippen molar-refractivity contribution >= 4 is 5.69 Å². The summed E-state index contributed by atoms with van der Waals surface area (Å²) in [6, 6.07) is 8.38. The number of benzene rings is 1. The van der Waals surface area contributed by atoms with Crippen LogP contribution in [0.3, 0.4) is 0 Å². The van der Waals surface area contributed by atoms with Gasteiger partial charge in [0.1, 0.15) is 5.75 Å². The van der Waals surface area contributed by atoms with Gasteiger partial charge >= 0.3 is 0 Å². The van der Waals surface area contributed by atoms with Crippen molar-refractivity contribution in [2.75, 3.05) is 45.2 Å². The van der Waals surface area contributed by atoms with Crippen LogP contribution in [-0.2, 0) is 0 Å². The van der Waals surface area contributed by atoms with Gasteiger partial charge in [-0.05, 0) is 62.7 Å². The minimum Gasteiger partial charge on any atom is -0.493 e. The number of likely N-dealkylation sites (tertiary alicyclic amines) is 1. The Bertz CT molecular complexity index is 452. The van der Waals surface area contributed by atoms with Crippen molar-refractivity contribution in [1.82, 2.24) is 4.90 Å². The summed E-state index contributed by atoms with van der Waals surface area (Å²) in [6.45, 7) is 4.75. The third-order valence-corrected chi connectivity index (χ3v) is 4.74. The van der Waals surface area contributed by atoms with Gasteiger partial charge in [-0.25, -0.2) is 0 Å². The van der Waals surface area contributed by atoms with E-state index < -0.39 is 0 Å². The quantitative estimate of drug-likeness (QED) is 0.811. The van der Waals surface area contributed by atoms with Gasteiger partial charge in [-0.3, -0.25) is 0 Å². The summed E-state index contributed by atoms with van der Waals surface area (Å²) in [5.74, 6) is 2.75. The van der Waals surface area contributed by atoms with Crippen LogP contribution in [0.25, 0.3) is 0 Å². The number of nitrogens with zero attached hydrogens (tertiary/aromatic N) is 2. The number of anilines is 1. The summed E-state index contributed by atoms with van der Waals surface area (Å²) in [5, 5.41) is 0. The van der Waals surface area contributed by atoms with E-state index in [1.807, 2.05) is 0 Å². The smallest absolute Gasteiger partial charge is 0.121 e. The van der Waals surface area contributed by atoms with Crippen LogP contribution in [0.4, 0.5) is 5.69 Å². The second kappa shape index (κ2) is 7.84. The van der Waals surface area contributed by atoms with Crippen molar-refractivity contribution in [2.45, 2.75) is 25.7 Å². The Balaban J connectivity index is 0.00000176. The molecule has 0 aromatic heterocycles. The molecular formula is C18H30N2O2. The van der Waals surface area contributed by atoms with E-state index in [0.29, 0.717) is 0 Å². The average Bonchev–Trinajstić information content (AvgIpc) is 3.31. The SMILES string of the molecule is CN(C)c1cccc(OCC2CCN(CC3CC3)CC2)c1.O. The van der Waals surface area contributed by atoms with Crippen LogP contribution in [0.5, 0.6) is 5.75 Å². The van der Waals surface area contributed by atoms with Crippen LogP contribution in [0.1, 0.15) is 25.7 Å². The zero-order valence-electron chi connectivity index (χ0n) is 13.9. The molecule has 3 rings (SSSR count). The third-order valence-electron chi connectivity index (χ3n) is 4.74. The van der Waals surface area contributed by atoms with E-state index >= 15 is 0 Å². The van der Waals surface area contributed by atoms with Gasteiger partial charge < -0.3 is 20.0 Å². The fourth-order valence-electron chi connectivity index (χ4n) is 3.07. The molecule has 0 bridgehead atoms. The van der Waals surface area contributed by atoms with Crippen LogP contribution in [0, 0.1) is 11.8 Å². The number of ether oxygens (including phenoxy) is 1. The van der Waals surface area contributed by atoms with Gasteiger partial charge in [0.05, 0.1) is 6.61 Å². The largest absolute Gasteiger partial charge is 0.493 e. The molecule has 124 valence electrons. The highest BCUT2D eigenvalue weighted by molar-refractivity contribution is 5.49. The predicted octanol–water partition coefficient (Wildman–Crippen LogP) is 2.43. The summed E-state index contributed by atoms with van der Waals surface area (Å²) in [4.78, 5) is 4.77. The summed E-state index contributed by atoms with van der Waals surface area (Å²) in [7, 11) is 4.13. The molecule has 1 aromatic carbocycles. The van der Waals surface area contributed by atoms with Crippen molar-refractivity contribution in [3.8, 4) is 5.75 Å². The van der Waals surface area contributed by atoms with Gasteiger partial charge in [-0.1, -0.05) is 6.07 Å². The maximum absolute atomic E-state index is 6.02. The van der Waals surface area contributed by atoms with Gasteiger partial charge in [0, 0.05) is 32.4 Å². The Morgan fingerprint density at radius 2 is 1.82 bits per heavy atom. The standard InChI is InChI=1S/C18H28N2O.H2O/c1-19(2)17-4-3-5-18(12-17)21-14-16-8-10-20(11-9-16)13-15-6-7-15;/h3-5,12,15-16H,6-11,13-14H2,1-2H3;1H2. The first kappa shape index (κ1) is 17.1. The van der Waals surface area contributed by atoms with Crippen LogP contribution in [-0.4, -0.2) is 50.7 Å². The maximum Gasteiger partial charge on any atom is 0.121 e. The Morgan fingerprint density at radius 1 is 1.09 bits per heavy atom. The van der Waals surface area contributed by atoms with Crippen LogP contribution < -0.4 is 9.64 Å². The number of hydrogen-bond donors (Lipinski definition) is 0. The second-order valence-corrected chi connectivity index (χ2v) is 6.89. The highest BCUT2D eigenvalue weighted by Gasteiger charge is 2.27. The van der Waals surface area contributed by atoms with E-state index in [1.165, 1.54) is 51.0 Å². The molecule has 0 atom stereocenters. The molecule has 0 spiro atoms. The molecule has 0 amide bonds. The second-order valence-electron chi connectivity index (χ2n) is 6.89. The average molecular weight is 306 g/mol. The molecule has 1 aliphatic carbocycles. The van der Waals surface area contributed by atoms with E-state index in [-0.39, 0.29) is 5.48 Å². The van der Waals surface area contributed by atoms with Gasteiger partial charge in [0.2, 0.25) is 0 Å². The summed E-state index contributed by atoms with van der Waals surface area (Å²) < 4.78 is 6.02. The number of piperidine rings is 1.